The number of benzene rings is 1. The van der Waals surface area contributed by atoms with Crippen LogP contribution in [-0.4, -0.2) is 45.7 Å². The van der Waals surface area contributed by atoms with Crippen molar-refractivity contribution in [3.8, 4) is 11.7 Å². The minimum Gasteiger partial charge on any atom is -1.00 e. The predicted octanol–water partition coefficient (Wildman–Crippen LogP) is 0.982. The zero-order chi connectivity index (χ0) is 26.4. The number of aliphatic carboxylic acids is 1. The second-order valence-corrected chi connectivity index (χ2v) is 12.8. The molecule has 0 saturated heterocycles. The lowest BCUT2D eigenvalue weighted by Gasteiger charge is -2.21. The number of aromatic nitrogens is 3. The molecule has 11 heteroatoms. The van der Waals surface area contributed by atoms with E-state index in [4.69, 9.17) is 20.6 Å². The molecule has 0 amide bonds. The van der Waals surface area contributed by atoms with E-state index >= 15 is 0 Å². The van der Waals surface area contributed by atoms with Crippen molar-refractivity contribution in [2.24, 2.45) is 5.73 Å². The van der Waals surface area contributed by atoms with Crippen molar-refractivity contribution in [2.45, 2.75) is 63.7 Å². The number of hydrogen-bond acceptors (Lipinski definition) is 7. The fourth-order valence-corrected chi connectivity index (χ4v) is 7.20. The van der Waals surface area contributed by atoms with Crippen LogP contribution < -0.4 is 27.4 Å². The highest BCUT2D eigenvalue weighted by Gasteiger charge is 2.50. The Morgan fingerprint density at radius 1 is 1.22 bits per heavy atom. The van der Waals surface area contributed by atoms with Crippen molar-refractivity contribution < 1.29 is 36.4 Å². The number of ether oxygens (including phenoxy) is 1. The maximum absolute atomic E-state index is 13.1. The molecule has 2 heterocycles. The van der Waals surface area contributed by atoms with Crippen molar-refractivity contribution in [2.75, 3.05) is 12.9 Å². The number of halogens is 1. The first-order chi connectivity index (χ1) is 16.9. The van der Waals surface area contributed by atoms with Gasteiger partial charge in [0.15, 0.2) is 11.3 Å². The van der Waals surface area contributed by atoms with Gasteiger partial charge < -0.3 is 28.0 Å². The molecule has 37 heavy (non-hydrogen) atoms. The molecule has 0 bridgehead atoms. The van der Waals surface area contributed by atoms with Crippen LogP contribution in [0.2, 0.25) is 0 Å². The average Bonchev–Trinajstić information content (AvgIpc) is 3.30. The van der Waals surface area contributed by atoms with Gasteiger partial charge in [-0.15, -0.1) is 0 Å². The van der Waals surface area contributed by atoms with Gasteiger partial charge in [0.05, 0.1) is 19.1 Å². The van der Waals surface area contributed by atoms with E-state index in [1.54, 1.807) is 28.7 Å². The lowest BCUT2D eigenvalue weighted by atomic mass is 9.80. The SMILES string of the molecule is COc1cc[n+](-c2nc3cc4c(cc3[nH]2)C(C)(C)C(=O)C4(C)C)c(CSSCCC(N)C(=O)O)c1C.[Cl-]. The first-order valence-corrected chi connectivity index (χ1v) is 14.3. The molecule has 0 saturated carbocycles. The number of carbonyl (C=O) groups excluding carboxylic acids is 1. The summed E-state index contributed by atoms with van der Waals surface area (Å²) in [4.78, 5) is 32.4. The molecule has 1 aliphatic carbocycles. The van der Waals surface area contributed by atoms with Crippen LogP contribution in [0, 0.1) is 6.92 Å². The van der Waals surface area contributed by atoms with Crippen molar-refractivity contribution in [1.82, 2.24) is 9.97 Å². The van der Waals surface area contributed by atoms with Gasteiger partial charge in [-0.05, 0) is 64.3 Å². The molecule has 4 N–H and O–H groups in total. The molecule has 1 atom stereocenters. The zero-order valence-electron chi connectivity index (χ0n) is 21.8. The molecule has 0 fully saturated rings. The highest BCUT2D eigenvalue weighted by molar-refractivity contribution is 8.76. The van der Waals surface area contributed by atoms with Crippen molar-refractivity contribution >= 4 is 44.4 Å². The Balaban J connectivity index is 0.00000380. The number of pyridine rings is 1. The fraction of sp³-hybridized carbons (Fsp3) is 0.462. The summed E-state index contributed by atoms with van der Waals surface area (Å²) >= 11 is 0. The molecule has 1 unspecified atom stereocenters. The van der Waals surface area contributed by atoms with E-state index in [0.717, 1.165) is 39.2 Å². The number of imidazole rings is 1. The van der Waals surface area contributed by atoms with E-state index in [1.165, 1.54) is 0 Å². The molecular formula is C26H33ClN4O4S2. The first kappa shape index (κ1) is 29.3. The quantitative estimate of drug-likeness (QED) is 0.200. The highest BCUT2D eigenvalue weighted by atomic mass is 35.5. The van der Waals surface area contributed by atoms with Crippen LogP contribution in [0.5, 0.6) is 5.75 Å². The first-order valence-electron chi connectivity index (χ1n) is 11.8. The molecule has 3 aromatic rings. The van der Waals surface area contributed by atoms with Crippen LogP contribution in [0.1, 0.15) is 56.5 Å². The number of nitrogens with two attached hydrogens (primary N) is 1. The molecular weight excluding hydrogens is 532 g/mol. The summed E-state index contributed by atoms with van der Waals surface area (Å²) in [5.41, 5.74) is 10.3. The van der Waals surface area contributed by atoms with Gasteiger partial charge >= 0.3 is 11.9 Å². The lowest BCUT2D eigenvalue weighted by molar-refractivity contribution is -0.610. The van der Waals surface area contributed by atoms with Crippen molar-refractivity contribution in [3.63, 3.8) is 0 Å². The molecule has 4 rings (SSSR count). The number of nitrogens with zero attached hydrogens (tertiary/aromatic N) is 2. The van der Waals surface area contributed by atoms with Crippen molar-refractivity contribution in [1.29, 1.82) is 0 Å². The lowest BCUT2D eigenvalue weighted by Crippen LogP contribution is -3.00. The predicted molar refractivity (Wildman–Crippen MR) is 144 cm³/mol. The Kier molecular flexibility index (Phi) is 8.58. The van der Waals surface area contributed by atoms with Crippen molar-refractivity contribution in [3.05, 3.63) is 46.8 Å². The van der Waals surface area contributed by atoms with Gasteiger partial charge in [-0.25, -0.2) is 9.55 Å². The number of rotatable bonds is 9. The number of carboxylic acids is 1. The van der Waals surface area contributed by atoms with Gasteiger partial charge in [0.1, 0.15) is 23.0 Å². The summed E-state index contributed by atoms with van der Waals surface area (Å²) in [6, 6.07) is 5.19. The molecule has 1 aliphatic rings. The Bertz CT molecular complexity index is 1300. The molecule has 0 spiro atoms. The Morgan fingerprint density at radius 2 is 1.86 bits per heavy atom. The van der Waals surface area contributed by atoms with Gasteiger partial charge in [0, 0.05) is 28.2 Å². The number of hydrogen-bond donors (Lipinski definition) is 3. The third-order valence-corrected chi connectivity index (χ3v) is 9.43. The van der Waals surface area contributed by atoms with Crippen LogP contribution in [0.15, 0.2) is 24.4 Å². The summed E-state index contributed by atoms with van der Waals surface area (Å²) in [6.07, 6.45) is 2.35. The topological polar surface area (TPSA) is 122 Å². The van der Waals surface area contributed by atoms with Crippen LogP contribution in [0.25, 0.3) is 17.0 Å². The number of fused-ring (bicyclic) bond motifs is 2. The number of H-pyrrole nitrogens is 1. The van der Waals surface area contributed by atoms with E-state index in [9.17, 15) is 9.59 Å². The Hall–Kier alpha value is -2.27. The number of aromatic amines is 1. The zero-order valence-corrected chi connectivity index (χ0v) is 24.2. The van der Waals surface area contributed by atoms with Gasteiger partial charge in [-0.2, -0.15) is 0 Å². The largest absolute Gasteiger partial charge is 1.00 e. The van der Waals surface area contributed by atoms with E-state index in [-0.39, 0.29) is 18.2 Å². The van der Waals surface area contributed by atoms with Crippen LogP contribution >= 0.6 is 21.6 Å². The summed E-state index contributed by atoms with van der Waals surface area (Å²) in [6.45, 7) is 9.97. The number of methoxy groups -OCH3 is 1. The summed E-state index contributed by atoms with van der Waals surface area (Å²) in [5, 5.41) is 8.97. The van der Waals surface area contributed by atoms with Gasteiger partial charge in [-0.3, -0.25) is 9.59 Å². The van der Waals surface area contributed by atoms with E-state index in [2.05, 4.69) is 11.1 Å². The van der Waals surface area contributed by atoms with Crippen LogP contribution in [0.4, 0.5) is 0 Å². The van der Waals surface area contributed by atoms with E-state index in [1.807, 2.05) is 57.5 Å². The minimum absolute atomic E-state index is 0. The second-order valence-electron chi connectivity index (χ2n) is 10.2. The molecule has 0 radical (unpaired) electrons. The second kappa shape index (κ2) is 10.8. The summed E-state index contributed by atoms with van der Waals surface area (Å²) < 4.78 is 7.59. The molecule has 2 aromatic heterocycles. The van der Waals surface area contributed by atoms with Crippen LogP contribution in [-0.2, 0) is 26.2 Å². The maximum Gasteiger partial charge on any atom is 0.402 e. The minimum atomic E-state index is -0.978. The van der Waals surface area contributed by atoms with Gasteiger partial charge in [0.2, 0.25) is 0 Å². The molecule has 1 aromatic carbocycles. The summed E-state index contributed by atoms with van der Waals surface area (Å²) in [5.74, 6) is 2.03. The van der Waals surface area contributed by atoms with E-state index in [0.29, 0.717) is 23.9 Å². The smallest absolute Gasteiger partial charge is 0.402 e. The number of Topliss-reactive ketones (excluding diaryl/α,β-unsaturated/α-hetero) is 1. The monoisotopic (exact) mass is 564 g/mol. The number of carboxylic acid groups (broad SMARTS) is 1. The normalized spacial score (nSPS) is 16.4. The number of carbonyl (C=O) groups is 2. The Morgan fingerprint density at radius 3 is 2.49 bits per heavy atom. The van der Waals surface area contributed by atoms with Gasteiger partial charge in [-0.1, -0.05) is 26.6 Å². The molecule has 200 valence electrons. The molecule has 0 aliphatic heterocycles. The van der Waals surface area contributed by atoms with E-state index < -0.39 is 22.8 Å². The maximum atomic E-state index is 13.1. The fourth-order valence-electron chi connectivity index (χ4n) is 4.95. The number of ketones is 1. The standard InChI is InChI=1S/C26H32N4O4S2.ClH/c1-14-20(13-36-35-10-8-17(27)22(31)32)30(9-7-21(14)34-6)24-28-18-11-15-16(12-19(18)29-24)26(4,5)23(33)25(15,2)3;/h7,9,11-12,17H,8,10,13,27H2,1-6H3,(H-,28,29,31,32);1H. The summed E-state index contributed by atoms with van der Waals surface area (Å²) in [7, 11) is 4.89. The number of nitrogens with one attached hydrogen (secondary N) is 1. The highest BCUT2D eigenvalue weighted by Crippen LogP contribution is 2.47. The average molecular weight is 565 g/mol. The van der Waals surface area contributed by atoms with Crippen LogP contribution in [0.3, 0.4) is 0 Å². The Labute approximate surface area is 231 Å². The molecule has 8 nitrogen and oxygen atoms in total. The van der Waals surface area contributed by atoms with Gasteiger partial charge in [0.25, 0.3) is 0 Å². The third-order valence-electron chi connectivity index (χ3n) is 7.12. The third kappa shape index (κ3) is 5.21.